The molecule has 1 N–H and O–H groups in total. The van der Waals surface area contributed by atoms with Gasteiger partial charge in [0.25, 0.3) is 0 Å². The molecule has 0 aliphatic heterocycles. The summed E-state index contributed by atoms with van der Waals surface area (Å²) in [5.74, 6) is -2.22. The Balaban J connectivity index is 2.54. The lowest BCUT2D eigenvalue weighted by Gasteiger charge is -1.99. The van der Waals surface area contributed by atoms with E-state index in [1.54, 1.807) is 6.07 Å². The number of aromatic nitrogens is 1. The van der Waals surface area contributed by atoms with Crippen LogP contribution in [0.15, 0.2) is 22.6 Å². The largest absolute Gasteiger partial charge is 0.475 e. The fraction of sp³-hybridized carbons (Fsp3) is 0.231. The van der Waals surface area contributed by atoms with Crippen molar-refractivity contribution in [1.82, 2.24) is 4.98 Å². The number of aromatic carboxylic acids is 1. The van der Waals surface area contributed by atoms with E-state index in [2.05, 4.69) is 4.98 Å². The average Bonchev–Trinajstić information content (AvgIpc) is 2.77. The second-order valence-corrected chi connectivity index (χ2v) is 4.36. The highest BCUT2D eigenvalue weighted by molar-refractivity contribution is 6.31. The molecule has 0 amide bonds. The van der Waals surface area contributed by atoms with Crippen LogP contribution in [-0.2, 0) is 6.42 Å². The van der Waals surface area contributed by atoms with E-state index in [0.29, 0.717) is 18.5 Å². The van der Waals surface area contributed by atoms with Gasteiger partial charge in [-0.25, -0.2) is 14.2 Å². The van der Waals surface area contributed by atoms with Gasteiger partial charge in [-0.1, -0.05) is 31.0 Å². The van der Waals surface area contributed by atoms with E-state index in [4.69, 9.17) is 21.1 Å². The van der Waals surface area contributed by atoms with E-state index in [0.717, 1.165) is 0 Å². The van der Waals surface area contributed by atoms with Crippen molar-refractivity contribution < 1.29 is 18.7 Å². The van der Waals surface area contributed by atoms with Crippen LogP contribution in [0.4, 0.5) is 4.39 Å². The van der Waals surface area contributed by atoms with Crippen LogP contribution < -0.4 is 0 Å². The van der Waals surface area contributed by atoms with Gasteiger partial charge in [0.2, 0.25) is 11.7 Å². The van der Waals surface area contributed by atoms with Crippen molar-refractivity contribution in [2.45, 2.75) is 19.8 Å². The smallest absolute Gasteiger partial charge is 0.373 e. The van der Waals surface area contributed by atoms with Crippen LogP contribution in [0.5, 0.6) is 0 Å². The van der Waals surface area contributed by atoms with Gasteiger partial charge in [0.15, 0.2) is 5.82 Å². The second-order valence-electron chi connectivity index (χ2n) is 3.95. The fourth-order valence-electron chi connectivity index (χ4n) is 1.71. The first-order valence-corrected chi connectivity index (χ1v) is 6.09. The molecule has 6 heteroatoms. The molecule has 0 saturated heterocycles. The Morgan fingerprint density at radius 3 is 2.89 bits per heavy atom. The van der Waals surface area contributed by atoms with E-state index in [1.807, 2.05) is 6.92 Å². The van der Waals surface area contributed by atoms with Gasteiger partial charge in [-0.2, -0.15) is 0 Å². The summed E-state index contributed by atoms with van der Waals surface area (Å²) in [6, 6.07) is 4.38. The molecule has 0 bridgehead atoms. The van der Waals surface area contributed by atoms with Crippen LogP contribution in [0.1, 0.15) is 29.6 Å². The molecule has 1 aromatic heterocycles. The summed E-state index contributed by atoms with van der Waals surface area (Å²) in [6.45, 7) is 1.89. The van der Waals surface area contributed by atoms with E-state index >= 15 is 0 Å². The zero-order valence-corrected chi connectivity index (χ0v) is 10.9. The number of hydrogen-bond donors (Lipinski definition) is 1. The predicted molar refractivity (Wildman–Crippen MR) is 67.9 cm³/mol. The molecule has 0 unspecified atom stereocenters. The molecule has 100 valence electrons. The maximum atomic E-state index is 13.8. The zero-order valence-electron chi connectivity index (χ0n) is 10.1. The van der Waals surface area contributed by atoms with Gasteiger partial charge >= 0.3 is 5.97 Å². The second kappa shape index (κ2) is 5.40. The summed E-state index contributed by atoms with van der Waals surface area (Å²) in [7, 11) is 0. The van der Waals surface area contributed by atoms with E-state index in [1.165, 1.54) is 12.1 Å². The van der Waals surface area contributed by atoms with Crippen molar-refractivity contribution in [3.63, 3.8) is 0 Å². The fourth-order valence-corrected chi connectivity index (χ4v) is 1.88. The maximum Gasteiger partial charge on any atom is 0.373 e. The third-order valence-electron chi connectivity index (χ3n) is 2.56. The van der Waals surface area contributed by atoms with Crippen molar-refractivity contribution in [3.05, 3.63) is 40.5 Å². The number of carboxylic acid groups (broad SMARTS) is 1. The number of aryl methyl sites for hydroxylation is 1. The van der Waals surface area contributed by atoms with Crippen LogP contribution in [0.3, 0.4) is 0 Å². The standard InChI is InChI=1S/C13H11ClFNO3/c1-2-4-9-11(13(17)18)19-12(16-9)7-5-3-6-8(14)10(7)15/h3,5-6H,2,4H2,1H3,(H,17,18). The molecule has 0 fully saturated rings. The summed E-state index contributed by atoms with van der Waals surface area (Å²) >= 11 is 5.67. The highest BCUT2D eigenvalue weighted by Gasteiger charge is 2.21. The van der Waals surface area contributed by atoms with Crippen LogP contribution >= 0.6 is 11.6 Å². The molecule has 0 atom stereocenters. The number of rotatable bonds is 4. The Hall–Kier alpha value is -1.88. The predicted octanol–water partition coefficient (Wildman–Crippen LogP) is 3.78. The molecule has 0 saturated carbocycles. The van der Waals surface area contributed by atoms with Gasteiger partial charge in [0.1, 0.15) is 0 Å². The highest BCUT2D eigenvalue weighted by atomic mass is 35.5. The quantitative estimate of drug-likeness (QED) is 0.927. The molecule has 2 aromatic rings. The number of carboxylic acids is 1. The van der Waals surface area contributed by atoms with Crippen LogP contribution in [-0.4, -0.2) is 16.1 Å². The van der Waals surface area contributed by atoms with Crippen molar-refractivity contribution >= 4 is 17.6 Å². The zero-order chi connectivity index (χ0) is 14.0. The van der Waals surface area contributed by atoms with Crippen molar-refractivity contribution in [2.24, 2.45) is 0 Å². The minimum atomic E-state index is -1.22. The topological polar surface area (TPSA) is 63.3 Å². The Morgan fingerprint density at radius 1 is 1.53 bits per heavy atom. The molecule has 19 heavy (non-hydrogen) atoms. The molecule has 0 aliphatic carbocycles. The number of nitrogens with zero attached hydrogens (tertiary/aromatic N) is 1. The molecule has 0 radical (unpaired) electrons. The van der Waals surface area contributed by atoms with Crippen LogP contribution in [0.25, 0.3) is 11.5 Å². The van der Waals surface area contributed by atoms with E-state index in [9.17, 15) is 9.18 Å². The molecule has 2 rings (SSSR count). The van der Waals surface area contributed by atoms with Gasteiger partial charge in [0, 0.05) is 0 Å². The monoisotopic (exact) mass is 283 g/mol. The maximum absolute atomic E-state index is 13.8. The van der Waals surface area contributed by atoms with Gasteiger partial charge in [-0.15, -0.1) is 0 Å². The van der Waals surface area contributed by atoms with Gasteiger partial charge in [-0.3, -0.25) is 0 Å². The first-order valence-electron chi connectivity index (χ1n) is 5.72. The summed E-state index contributed by atoms with van der Waals surface area (Å²) < 4.78 is 19.0. The molecule has 1 aromatic carbocycles. The number of carbonyl (C=O) groups is 1. The van der Waals surface area contributed by atoms with E-state index < -0.39 is 11.8 Å². The summed E-state index contributed by atoms with van der Waals surface area (Å²) in [6.07, 6.45) is 1.16. The van der Waals surface area contributed by atoms with Gasteiger partial charge in [0.05, 0.1) is 16.3 Å². The molecular formula is C13H11ClFNO3. The lowest BCUT2D eigenvalue weighted by Crippen LogP contribution is -1.99. The van der Waals surface area contributed by atoms with Crippen LogP contribution in [0, 0.1) is 5.82 Å². The first kappa shape index (κ1) is 13.5. The van der Waals surface area contributed by atoms with Gasteiger partial charge < -0.3 is 9.52 Å². The lowest BCUT2D eigenvalue weighted by molar-refractivity contribution is 0.0661. The van der Waals surface area contributed by atoms with Crippen molar-refractivity contribution in [1.29, 1.82) is 0 Å². The summed E-state index contributed by atoms with van der Waals surface area (Å²) in [5.41, 5.74) is 0.363. The van der Waals surface area contributed by atoms with Crippen LogP contribution in [0.2, 0.25) is 5.02 Å². The van der Waals surface area contributed by atoms with Gasteiger partial charge in [-0.05, 0) is 18.6 Å². The minimum absolute atomic E-state index is 0.0531. The summed E-state index contributed by atoms with van der Waals surface area (Å²) in [4.78, 5) is 15.1. The first-order chi connectivity index (χ1) is 9.04. The number of hydrogen-bond acceptors (Lipinski definition) is 3. The number of benzene rings is 1. The third-order valence-corrected chi connectivity index (χ3v) is 2.85. The summed E-state index contributed by atoms with van der Waals surface area (Å²) in [5, 5.41) is 8.96. The van der Waals surface area contributed by atoms with Crippen molar-refractivity contribution in [3.8, 4) is 11.5 Å². The Labute approximate surface area is 113 Å². The Morgan fingerprint density at radius 2 is 2.26 bits per heavy atom. The van der Waals surface area contributed by atoms with Crippen molar-refractivity contribution in [2.75, 3.05) is 0 Å². The third kappa shape index (κ3) is 2.61. The SMILES string of the molecule is CCCc1nc(-c2cccc(Cl)c2F)oc1C(=O)O. The lowest BCUT2D eigenvalue weighted by atomic mass is 10.2. The molecule has 0 aliphatic rings. The Kier molecular flexibility index (Phi) is 3.85. The Bertz CT molecular complexity index is 624. The normalized spacial score (nSPS) is 10.7. The molecule has 1 heterocycles. The van der Waals surface area contributed by atoms with E-state index in [-0.39, 0.29) is 22.2 Å². The molecule has 0 spiro atoms. The molecule has 4 nitrogen and oxygen atoms in total. The minimum Gasteiger partial charge on any atom is -0.475 e. The number of halogens is 2. The number of oxazole rings is 1. The molecular weight excluding hydrogens is 273 g/mol. The average molecular weight is 284 g/mol. The highest BCUT2D eigenvalue weighted by Crippen LogP contribution is 2.28.